The van der Waals surface area contributed by atoms with Gasteiger partial charge in [-0.15, -0.1) is 0 Å². The number of piperidine rings is 1. The maximum atomic E-state index is 14.2. The summed E-state index contributed by atoms with van der Waals surface area (Å²) in [4.78, 5) is 6.18. The van der Waals surface area contributed by atoms with E-state index in [-0.39, 0.29) is 11.9 Å². The Balaban J connectivity index is 1.75. The Bertz CT molecular complexity index is 821. The summed E-state index contributed by atoms with van der Waals surface area (Å²) in [5.74, 6) is 0.178. The van der Waals surface area contributed by atoms with Gasteiger partial charge in [0.1, 0.15) is 17.7 Å². The van der Waals surface area contributed by atoms with Crippen LogP contribution in [0.3, 0.4) is 0 Å². The number of anilines is 2. The molecule has 6 heteroatoms. The lowest BCUT2D eigenvalue weighted by Gasteiger charge is -2.35. The average Bonchev–Trinajstić information content (AvgIpc) is 2.62. The molecule has 1 aromatic carbocycles. The number of hydrogen-bond donors (Lipinski definition) is 1. The third-order valence-electron chi connectivity index (χ3n) is 4.11. The second-order valence-electron chi connectivity index (χ2n) is 5.72. The third kappa shape index (κ3) is 3.28. The first-order valence-corrected chi connectivity index (χ1v) is 7.77. The van der Waals surface area contributed by atoms with Crippen molar-refractivity contribution in [1.29, 1.82) is 10.5 Å². The molecule has 120 valence electrons. The molecule has 1 aliphatic rings. The minimum atomic E-state index is -0.384. The molecule has 1 aliphatic heterocycles. The van der Waals surface area contributed by atoms with E-state index in [1.165, 1.54) is 6.07 Å². The Kier molecular flexibility index (Phi) is 4.58. The van der Waals surface area contributed by atoms with E-state index in [1.807, 2.05) is 11.0 Å². The second-order valence-corrected chi connectivity index (χ2v) is 5.72. The zero-order valence-electron chi connectivity index (χ0n) is 13.0. The fourth-order valence-electron chi connectivity index (χ4n) is 2.95. The van der Waals surface area contributed by atoms with Crippen molar-refractivity contribution in [2.24, 2.45) is 0 Å². The summed E-state index contributed by atoms with van der Waals surface area (Å²) in [5.41, 5.74) is 1.32. The fraction of sp³-hybridized carbons (Fsp3) is 0.278. The molecule has 0 spiro atoms. The maximum Gasteiger partial charge on any atom is 0.147 e. The molecule has 0 aliphatic carbocycles. The van der Waals surface area contributed by atoms with Crippen molar-refractivity contribution >= 4 is 11.5 Å². The quantitative estimate of drug-likeness (QED) is 0.940. The Morgan fingerprint density at radius 1 is 1.25 bits per heavy atom. The highest BCUT2D eigenvalue weighted by Crippen LogP contribution is 2.25. The van der Waals surface area contributed by atoms with Crippen LogP contribution in [-0.2, 0) is 0 Å². The highest BCUT2D eigenvalue weighted by Gasteiger charge is 2.23. The standard InChI is InChI=1S/C18H16FN5/c19-16-9-13(10-20)5-6-17(16)24-8-2-4-15(12-24)23-18-14(11-21)3-1-7-22-18/h1,3,5-7,9,15H,2,4,8,12H2,(H,22,23). The molecule has 0 radical (unpaired) electrons. The summed E-state index contributed by atoms with van der Waals surface area (Å²) in [6.07, 6.45) is 3.48. The number of nitrogens with one attached hydrogen (secondary N) is 1. The van der Waals surface area contributed by atoms with Crippen LogP contribution in [0.5, 0.6) is 0 Å². The molecule has 1 fully saturated rings. The van der Waals surface area contributed by atoms with Crippen LogP contribution in [0.15, 0.2) is 36.5 Å². The second kappa shape index (κ2) is 6.97. The predicted molar refractivity (Wildman–Crippen MR) is 88.9 cm³/mol. The summed E-state index contributed by atoms with van der Waals surface area (Å²) >= 11 is 0. The topological polar surface area (TPSA) is 75.7 Å². The lowest BCUT2D eigenvalue weighted by Crippen LogP contribution is -2.42. The summed E-state index contributed by atoms with van der Waals surface area (Å²) in [6.45, 7) is 1.37. The van der Waals surface area contributed by atoms with E-state index in [2.05, 4.69) is 16.4 Å². The largest absolute Gasteiger partial charge is 0.367 e. The summed E-state index contributed by atoms with van der Waals surface area (Å²) in [5, 5.41) is 21.3. The van der Waals surface area contributed by atoms with Gasteiger partial charge in [0, 0.05) is 25.3 Å². The van der Waals surface area contributed by atoms with E-state index < -0.39 is 0 Å². The average molecular weight is 321 g/mol. The minimum Gasteiger partial charge on any atom is -0.367 e. The van der Waals surface area contributed by atoms with Gasteiger partial charge >= 0.3 is 0 Å². The highest BCUT2D eigenvalue weighted by molar-refractivity contribution is 5.54. The van der Waals surface area contributed by atoms with Crippen molar-refractivity contribution < 1.29 is 4.39 Å². The number of rotatable bonds is 3. The number of pyridine rings is 1. The van der Waals surface area contributed by atoms with Crippen molar-refractivity contribution in [3.63, 3.8) is 0 Å². The first-order chi connectivity index (χ1) is 11.7. The molecule has 1 N–H and O–H groups in total. The van der Waals surface area contributed by atoms with Gasteiger partial charge in [0.2, 0.25) is 0 Å². The van der Waals surface area contributed by atoms with Crippen LogP contribution in [0, 0.1) is 28.5 Å². The van der Waals surface area contributed by atoms with Crippen LogP contribution in [0.25, 0.3) is 0 Å². The van der Waals surface area contributed by atoms with Gasteiger partial charge in [-0.05, 0) is 43.2 Å². The van der Waals surface area contributed by atoms with E-state index >= 15 is 0 Å². The first kappa shape index (κ1) is 15.8. The Morgan fingerprint density at radius 2 is 2.12 bits per heavy atom. The number of nitriles is 2. The zero-order valence-corrected chi connectivity index (χ0v) is 13.0. The molecular weight excluding hydrogens is 305 g/mol. The Hall–Kier alpha value is -3.12. The number of halogens is 1. The van der Waals surface area contributed by atoms with Crippen LogP contribution < -0.4 is 10.2 Å². The molecule has 24 heavy (non-hydrogen) atoms. The molecule has 2 aromatic rings. The van der Waals surface area contributed by atoms with E-state index in [9.17, 15) is 4.39 Å². The van der Waals surface area contributed by atoms with E-state index in [0.29, 0.717) is 29.2 Å². The number of nitrogens with zero attached hydrogens (tertiary/aromatic N) is 4. The van der Waals surface area contributed by atoms with Gasteiger partial charge in [-0.1, -0.05) is 0 Å². The summed E-state index contributed by atoms with van der Waals surface area (Å²) in [6, 6.07) is 12.1. The molecule has 2 heterocycles. The third-order valence-corrected chi connectivity index (χ3v) is 4.11. The van der Waals surface area contributed by atoms with E-state index in [0.717, 1.165) is 19.4 Å². The van der Waals surface area contributed by atoms with Crippen molar-refractivity contribution in [1.82, 2.24) is 4.98 Å². The van der Waals surface area contributed by atoms with Crippen LogP contribution in [0.1, 0.15) is 24.0 Å². The maximum absolute atomic E-state index is 14.2. The number of aromatic nitrogens is 1. The van der Waals surface area contributed by atoms with E-state index in [4.69, 9.17) is 10.5 Å². The molecule has 1 saturated heterocycles. The van der Waals surface area contributed by atoms with Crippen LogP contribution in [0.2, 0.25) is 0 Å². The SMILES string of the molecule is N#Cc1ccc(N2CCCC(Nc3ncccc3C#N)C2)c(F)c1. The van der Waals surface area contributed by atoms with Gasteiger partial charge in [-0.3, -0.25) is 0 Å². The van der Waals surface area contributed by atoms with Gasteiger partial charge in [0.15, 0.2) is 0 Å². The van der Waals surface area contributed by atoms with Crippen molar-refractivity contribution in [3.05, 3.63) is 53.5 Å². The van der Waals surface area contributed by atoms with Gasteiger partial charge in [-0.2, -0.15) is 10.5 Å². The molecular formula is C18H16FN5. The van der Waals surface area contributed by atoms with Crippen LogP contribution in [-0.4, -0.2) is 24.1 Å². The smallest absolute Gasteiger partial charge is 0.147 e. The molecule has 0 bridgehead atoms. The molecule has 5 nitrogen and oxygen atoms in total. The van der Waals surface area contributed by atoms with Crippen molar-refractivity contribution in [2.75, 3.05) is 23.3 Å². The number of benzene rings is 1. The lowest BCUT2D eigenvalue weighted by atomic mass is 10.0. The molecule has 1 unspecified atom stereocenters. The van der Waals surface area contributed by atoms with Crippen LogP contribution >= 0.6 is 0 Å². The highest BCUT2D eigenvalue weighted by atomic mass is 19.1. The molecule has 0 amide bonds. The van der Waals surface area contributed by atoms with Gasteiger partial charge < -0.3 is 10.2 Å². The predicted octanol–water partition coefficient (Wildman–Crippen LogP) is 3.04. The lowest BCUT2D eigenvalue weighted by molar-refractivity contribution is 0.518. The van der Waals surface area contributed by atoms with Crippen molar-refractivity contribution in [3.8, 4) is 12.1 Å². The van der Waals surface area contributed by atoms with E-state index in [1.54, 1.807) is 30.5 Å². The monoisotopic (exact) mass is 321 g/mol. The molecule has 1 aromatic heterocycles. The zero-order chi connectivity index (χ0) is 16.9. The fourth-order valence-corrected chi connectivity index (χ4v) is 2.95. The molecule has 3 rings (SSSR count). The minimum absolute atomic E-state index is 0.0794. The van der Waals surface area contributed by atoms with Crippen LogP contribution in [0.4, 0.5) is 15.9 Å². The molecule has 0 saturated carbocycles. The Labute approximate surface area is 140 Å². The summed E-state index contributed by atoms with van der Waals surface area (Å²) < 4.78 is 14.2. The first-order valence-electron chi connectivity index (χ1n) is 7.77. The van der Waals surface area contributed by atoms with Gasteiger partial charge in [-0.25, -0.2) is 9.37 Å². The normalized spacial score (nSPS) is 17.0. The molecule has 1 atom stereocenters. The van der Waals surface area contributed by atoms with Crippen molar-refractivity contribution in [2.45, 2.75) is 18.9 Å². The Morgan fingerprint density at radius 3 is 2.88 bits per heavy atom. The summed E-state index contributed by atoms with van der Waals surface area (Å²) in [7, 11) is 0. The number of hydrogen-bond acceptors (Lipinski definition) is 5. The van der Waals surface area contributed by atoms with Gasteiger partial charge in [0.05, 0.1) is 22.9 Å². The van der Waals surface area contributed by atoms with Gasteiger partial charge in [0.25, 0.3) is 0 Å².